The van der Waals surface area contributed by atoms with Gasteiger partial charge in [-0.3, -0.25) is 0 Å². The molecule has 1 atom stereocenters. The molecule has 1 aliphatic rings. The quantitative estimate of drug-likeness (QED) is 0.724. The molecule has 0 fully saturated rings. The standard InChI is InChI=1S/C11H13NO2/c1-14-9-2-3-11-10(6-9)8(7-13)4-5-12-11/h2-3,6-8,12H,4-5H2,1H3. The van der Waals surface area contributed by atoms with E-state index in [9.17, 15) is 4.79 Å². The minimum atomic E-state index is 0.0151. The van der Waals surface area contributed by atoms with E-state index in [4.69, 9.17) is 4.74 Å². The molecule has 0 saturated heterocycles. The zero-order chi connectivity index (χ0) is 9.97. The molecule has 1 N–H and O–H groups in total. The molecular formula is C11H13NO2. The lowest BCUT2D eigenvalue weighted by Gasteiger charge is -2.23. The molecule has 1 aliphatic heterocycles. The van der Waals surface area contributed by atoms with Gasteiger partial charge in [-0.2, -0.15) is 0 Å². The Labute approximate surface area is 83.1 Å². The molecule has 0 bridgehead atoms. The molecule has 0 saturated carbocycles. The van der Waals surface area contributed by atoms with Crippen LogP contribution in [0, 0.1) is 0 Å². The molecule has 0 spiro atoms. The Morgan fingerprint density at radius 3 is 3.14 bits per heavy atom. The lowest BCUT2D eigenvalue weighted by atomic mass is 9.92. The van der Waals surface area contributed by atoms with Gasteiger partial charge in [0.1, 0.15) is 12.0 Å². The molecule has 3 nitrogen and oxygen atoms in total. The van der Waals surface area contributed by atoms with Crippen LogP contribution in [0.25, 0.3) is 0 Å². The molecule has 0 radical (unpaired) electrons. The lowest BCUT2D eigenvalue weighted by Crippen LogP contribution is -2.17. The van der Waals surface area contributed by atoms with Crippen molar-refractivity contribution < 1.29 is 9.53 Å². The van der Waals surface area contributed by atoms with Gasteiger partial charge in [0, 0.05) is 18.2 Å². The van der Waals surface area contributed by atoms with Gasteiger partial charge in [-0.1, -0.05) is 0 Å². The van der Waals surface area contributed by atoms with E-state index in [1.807, 2.05) is 18.2 Å². The van der Waals surface area contributed by atoms with Crippen molar-refractivity contribution in [2.75, 3.05) is 19.0 Å². The third-order valence-electron chi connectivity index (χ3n) is 2.59. The summed E-state index contributed by atoms with van der Waals surface area (Å²) in [6, 6.07) is 5.80. The first-order valence-corrected chi connectivity index (χ1v) is 4.72. The van der Waals surface area contributed by atoms with Gasteiger partial charge in [0.15, 0.2) is 0 Å². The summed E-state index contributed by atoms with van der Waals surface area (Å²) >= 11 is 0. The van der Waals surface area contributed by atoms with Crippen LogP contribution in [0.4, 0.5) is 5.69 Å². The summed E-state index contributed by atoms with van der Waals surface area (Å²) in [5, 5.41) is 3.26. The number of carbonyl (C=O) groups excluding carboxylic acids is 1. The van der Waals surface area contributed by atoms with Gasteiger partial charge in [0.05, 0.1) is 7.11 Å². The normalized spacial score (nSPS) is 19.4. The summed E-state index contributed by atoms with van der Waals surface area (Å²) < 4.78 is 5.13. The van der Waals surface area contributed by atoms with E-state index < -0.39 is 0 Å². The van der Waals surface area contributed by atoms with Crippen LogP contribution < -0.4 is 10.1 Å². The largest absolute Gasteiger partial charge is 0.497 e. The third-order valence-corrected chi connectivity index (χ3v) is 2.59. The summed E-state index contributed by atoms with van der Waals surface area (Å²) in [4.78, 5) is 10.9. The van der Waals surface area contributed by atoms with Crippen molar-refractivity contribution in [2.24, 2.45) is 0 Å². The molecule has 1 heterocycles. The van der Waals surface area contributed by atoms with E-state index in [1.165, 1.54) is 0 Å². The van der Waals surface area contributed by atoms with E-state index >= 15 is 0 Å². The van der Waals surface area contributed by atoms with Gasteiger partial charge in [-0.05, 0) is 30.2 Å². The van der Waals surface area contributed by atoms with Gasteiger partial charge >= 0.3 is 0 Å². The highest BCUT2D eigenvalue weighted by Gasteiger charge is 2.19. The highest BCUT2D eigenvalue weighted by Crippen LogP contribution is 2.32. The van der Waals surface area contributed by atoms with Crippen molar-refractivity contribution in [2.45, 2.75) is 12.3 Å². The van der Waals surface area contributed by atoms with E-state index in [-0.39, 0.29) is 5.92 Å². The van der Waals surface area contributed by atoms with Crippen molar-refractivity contribution in [1.82, 2.24) is 0 Å². The average Bonchev–Trinajstić information content (AvgIpc) is 2.27. The number of methoxy groups -OCH3 is 1. The van der Waals surface area contributed by atoms with Crippen LogP contribution in [0.15, 0.2) is 18.2 Å². The molecule has 0 aromatic heterocycles. The van der Waals surface area contributed by atoms with Crippen molar-refractivity contribution in [3.8, 4) is 5.75 Å². The van der Waals surface area contributed by atoms with Gasteiger partial charge in [-0.25, -0.2) is 0 Å². The number of ether oxygens (including phenoxy) is 1. The van der Waals surface area contributed by atoms with E-state index in [1.54, 1.807) is 7.11 Å². The number of carbonyl (C=O) groups is 1. The maximum atomic E-state index is 10.9. The Kier molecular flexibility index (Phi) is 2.39. The number of rotatable bonds is 2. The fourth-order valence-corrected chi connectivity index (χ4v) is 1.79. The fourth-order valence-electron chi connectivity index (χ4n) is 1.79. The third kappa shape index (κ3) is 1.45. The Morgan fingerprint density at radius 1 is 1.57 bits per heavy atom. The number of fused-ring (bicyclic) bond motifs is 1. The average molecular weight is 191 g/mol. The SMILES string of the molecule is COc1ccc2c(c1)C(C=O)CCN2. The second kappa shape index (κ2) is 3.70. The number of hydrogen-bond donors (Lipinski definition) is 1. The van der Waals surface area contributed by atoms with Crippen LogP contribution in [-0.4, -0.2) is 19.9 Å². The molecule has 1 aromatic carbocycles. The molecular weight excluding hydrogens is 178 g/mol. The molecule has 14 heavy (non-hydrogen) atoms. The first kappa shape index (κ1) is 9.06. The maximum absolute atomic E-state index is 10.9. The van der Waals surface area contributed by atoms with Crippen molar-refractivity contribution in [1.29, 1.82) is 0 Å². The molecule has 1 aromatic rings. The van der Waals surface area contributed by atoms with Gasteiger partial charge in [-0.15, -0.1) is 0 Å². The van der Waals surface area contributed by atoms with Crippen LogP contribution in [0.5, 0.6) is 5.75 Å². The number of nitrogens with one attached hydrogen (secondary N) is 1. The molecule has 0 amide bonds. The number of hydrogen-bond acceptors (Lipinski definition) is 3. The zero-order valence-electron chi connectivity index (χ0n) is 8.12. The fraction of sp³-hybridized carbons (Fsp3) is 0.364. The molecule has 1 unspecified atom stereocenters. The Morgan fingerprint density at radius 2 is 2.43 bits per heavy atom. The molecule has 2 rings (SSSR count). The maximum Gasteiger partial charge on any atom is 0.127 e. The molecule has 3 heteroatoms. The summed E-state index contributed by atoms with van der Waals surface area (Å²) in [5.74, 6) is 0.820. The van der Waals surface area contributed by atoms with E-state index in [0.29, 0.717) is 0 Å². The van der Waals surface area contributed by atoms with Gasteiger partial charge in [0.2, 0.25) is 0 Å². The minimum absolute atomic E-state index is 0.0151. The van der Waals surface area contributed by atoms with Crippen molar-refractivity contribution in [3.63, 3.8) is 0 Å². The summed E-state index contributed by atoms with van der Waals surface area (Å²) in [5.41, 5.74) is 2.10. The highest BCUT2D eigenvalue weighted by molar-refractivity contribution is 5.71. The van der Waals surface area contributed by atoms with Crippen LogP contribution in [0.1, 0.15) is 17.9 Å². The number of benzene rings is 1. The van der Waals surface area contributed by atoms with Gasteiger partial charge in [0.25, 0.3) is 0 Å². The first-order valence-electron chi connectivity index (χ1n) is 4.72. The zero-order valence-corrected chi connectivity index (χ0v) is 8.12. The van der Waals surface area contributed by atoms with Crippen LogP contribution in [0.2, 0.25) is 0 Å². The summed E-state index contributed by atoms with van der Waals surface area (Å²) in [6.07, 6.45) is 1.88. The molecule has 0 aliphatic carbocycles. The summed E-state index contributed by atoms with van der Waals surface area (Å²) in [7, 11) is 1.63. The topological polar surface area (TPSA) is 38.3 Å². The van der Waals surface area contributed by atoms with Crippen LogP contribution in [-0.2, 0) is 4.79 Å². The highest BCUT2D eigenvalue weighted by atomic mass is 16.5. The predicted molar refractivity (Wildman–Crippen MR) is 54.9 cm³/mol. The van der Waals surface area contributed by atoms with Crippen LogP contribution in [0.3, 0.4) is 0 Å². The number of anilines is 1. The first-order chi connectivity index (χ1) is 6.85. The number of aldehydes is 1. The van der Waals surface area contributed by atoms with E-state index in [0.717, 1.165) is 36.3 Å². The smallest absolute Gasteiger partial charge is 0.127 e. The lowest BCUT2D eigenvalue weighted by molar-refractivity contribution is -0.109. The van der Waals surface area contributed by atoms with Crippen molar-refractivity contribution >= 4 is 12.0 Å². The second-order valence-electron chi connectivity index (χ2n) is 3.41. The monoisotopic (exact) mass is 191 g/mol. The Bertz CT molecular complexity index is 349. The predicted octanol–water partition coefficient (Wildman–Crippen LogP) is 1.79. The minimum Gasteiger partial charge on any atom is -0.497 e. The van der Waals surface area contributed by atoms with Crippen molar-refractivity contribution in [3.05, 3.63) is 23.8 Å². The Balaban J connectivity index is 2.43. The van der Waals surface area contributed by atoms with Gasteiger partial charge < -0.3 is 14.8 Å². The molecule has 74 valence electrons. The summed E-state index contributed by atoms with van der Waals surface area (Å²) in [6.45, 7) is 0.864. The van der Waals surface area contributed by atoms with E-state index in [2.05, 4.69) is 5.32 Å². The van der Waals surface area contributed by atoms with Crippen LogP contribution >= 0.6 is 0 Å². The second-order valence-corrected chi connectivity index (χ2v) is 3.41. The Hall–Kier alpha value is -1.51.